The molecule has 0 radical (unpaired) electrons. The Morgan fingerprint density at radius 3 is 2.32 bits per heavy atom. The SMILES string of the molecule is Cc1ccc(Cl)cc1N1CCN(C(=O)c2ccc(NS(C)(=O)=O)cc2Cl)CC1. The second kappa shape index (κ2) is 8.19. The fraction of sp³-hybridized carbons (Fsp3) is 0.316. The standard InChI is InChI=1S/C19H21Cl2N3O3S/c1-13-3-4-14(20)11-18(13)23-7-9-24(10-8-23)19(25)16-6-5-15(12-17(16)21)22-28(2,26)27/h3-6,11-12,22H,7-10H2,1-2H3. The molecule has 1 heterocycles. The highest BCUT2D eigenvalue weighted by atomic mass is 35.5. The summed E-state index contributed by atoms with van der Waals surface area (Å²) in [6.45, 7) is 4.54. The molecule has 1 saturated heterocycles. The van der Waals surface area contributed by atoms with Crippen LogP contribution in [0.15, 0.2) is 36.4 Å². The number of halogens is 2. The minimum absolute atomic E-state index is 0.168. The van der Waals surface area contributed by atoms with E-state index < -0.39 is 10.0 Å². The van der Waals surface area contributed by atoms with Crippen LogP contribution in [0.3, 0.4) is 0 Å². The van der Waals surface area contributed by atoms with Crippen molar-refractivity contribution in [1.29, 1.82) is 0 Å². The normalized spacial score (nSPS) is 14.9. The van der Waals surface area contributed by atoms with Crippen molar-refractivity contribution in [3.05, 3.63) is 57.6 Å². The molecule has 28 heavy (non-hydrogen) atoms. The largest absolute Gasteiger partial charge is 0.368 e. The number of rotatable bonds is 4. The van der Waals surface area contributed by atoms with Crippen molar-refractivity contribution in [1.82, 2.24) is 4.90 Å². The minimum Gasteiger partial charge on any atom is -0.368 e. The lowest BCUT2D eigenvalue weighted by Gasteiger charge is -2.37. The first-order valence-electron chi connectivity index (χ1n) is 8.72. The van der Waals surface area contributed by atoms with Gasteiger partial charge in [-0.25, -0.2) is 8.42 Å². The summed E-state index contributed by atoms with van der Waals surface area (Å²) >= 11 is 12.3. The molecule has 0 aromatic heterocycles. The zero-order chi connectivity index (χ0) is 20.5. The summed E-state index contributed by atoms with van der Waals surface area (Å²) in [6.07, 6.45) is 1.06. The van der Waals surface area contributed by atoms with Crippen LogP contribution in [-0.2, 0) is 10.0 Å². The highest BCUT2D eigenvalue weighted by Gasteiger charge is 2.24. The number of carbonyl (C=O) groups excluding carboxylic acids is 1. The van der Waals surface area contributed by atoms with Gasteiger partial charge >= 0.3 is 0 Å². The van der Waals surface area contributed by atoms with Gasteiger partial charge in [-0.1, -0.05) is 29.3 Å². The molecular formula is C19H21Cl2N3O3S. The Morgan fingerprint density at radius 2 is 1.71 bits per heavy atom. The molecule has 9 heteroatoms. The van der Waals surface area contributed by atoms with E-state index in [4.69, 9.17) is 23.2 Å². The monoisotopic (exact) mass is 441 g/mol. The van der Waals surface area contributed by atoms with Gasteiger partial charge in [-0.15, -0.1) is 0 Å². The number of amides is 1. The predicted octanol–water partition coefficient (Wildman–Crippen LogP) is 3.64. The predicted molar refractivity (Wildman–Crippen MR) is 114 cm³/mol. The van der Waals surface area contributed by atoms with Crippen molar-refractivity contribution in [2.45, 2.75) is 6.92 Å². The van der Waals surface area contributed by atoms with Crippen molar-refractivity contribution in [2.24, 2.45) is 0 Å². The summed E-state index contributed by atoms with van der Waals surface area (Å²) in [6, 6.07) is 10.3. The third-order valence-electron chi connectivity index (χ3n) is 4.58. The number of hydrogen-bond donors (Lipinski definition) is 1. The average Bonchev–Trinajstić information content (AvgIpc) is 2.62. The van der Waals surface area contributed by atoms with E-state index in [9.17, 15) is 13.2 Å². The van der Waals surface area contributed by atoms with Crippen molar-refractivity contribution in [3.8, 4) is 0 Å². The van der Waals surface area contributed by atoms with Gasteiger partial charge in [0.25, 0.3) is 5.91 Å². The Morgan fingerprint density at radius 1 is 1.04 bits per heavy atom. The molecule has 1 fully saturated rings. The summed E-state index contributed by atoms with van der Waals surface area (Å²) in [4.78, 5) is 16.8. The molecule has 6 nitrogen and oxygen atoms in total. The molecule has 0 atom stereocenters. The van der Waals surface area contributed by atoms with E-state index in [-0.39, 0.29) is 10.9 Å². The summed E-state index contributed by atoms with van der Waals surface area (Å²) < 4.78 is 25.0. The van der Waals surface area contributed by atoms with Crippen LogP contribution in [0.2, 0.25) is 10.0 Å². The van der Waals surface area contributed by atoms with E-state index in [1.54, 1.807) is 11.0 Å². The number of benzene rings is 2. The number of nitrogens with zero attached hydrogens (tertiary/aromatic N) is 2. The first kappa shape index (κ1) is 20.8. The molecule has 3 rings (SSSR count). The van der Waals surface area contributed by atoms with Crippen LogP contribution in [0.1, 0.15) is 15.9 Å². The molecule has 1 aliphatic rings. The van der Waals surface area contributed by atoms with Gasteiger partial charge < -0.3 is 9.80 Å². The molecule has 0 unspecified atom stereocenters. The van der Waals surface area contributed by atoms with Crippen LogP contribution < -0.4 is 9.62 Å². The first-order chi connectivity index (χ1) is 13.1. The third kappa shape index (κ3) is 4.90. The van der Waals surface area contributed by atoms with Crippen molar-refractivity contribution in [3.63, 3.8) is 0 Å². The fourth-order valence-electron chi connectivity index (χ4n) is 3.21. The highest BCUT2D eigenvalue weighted by molar-refractivity contribution is 7.92. The van der Waals surface area contributed by atoms with Crippen LogP contribution in [0.5, 0.6) is 0 Å². The van der Waals surface area contributed by atoms with E-state index in [1.807, 2.05) is 25.1 Å². The molecule has 1 amide bonds. The molecule has 0 aliphatic carbocycles. The quantitative estimate of drug-likeness (QED) is 0.785. The lowest BCUT2D eigenvalue weighted by atomic mass is 10.1. The van der Waals surface area contributed by atoms with Gasteiger partial charge in [-0.05, 0) is 42.8 Å². The van der Waals surface area contributed by atoms with E-state index in [0.717, 1.165) is 17.5 Å². The maximum Gasteiger partial charge on any atom is 0.255 e. The van der Waals surface area contributed by atoms with Gasteiger partial charge in [0.1, 0.15) is 0 Å². The lowest BCUT2D eigenvalue weighted by Crippen LogP contribution is -2.49. The average molecular weight is 442 g/mol. The van der Waals surface area contributed by atoms with E-state index in [2.05, 4.69) is 9.62 Å². The molecule has 2 aromatic carbocycles. The molecule has 2 aromatic rings. The van der Waals surface area contributed by atoms with Gasteiger partial charge in [0.05, 0.1) is 16.8 Å². The van der Waals surface area contributed by atoms with Crippen LogP contribution in [0, 0.1) is 6.92 Å². The highest BCUT2D eigenvalue weighted by Crippen LogP contribution is 2.27. The van der Waals surface area contributed by atoms with Gasteiger partial charge in [-0.3, -0.25) is 9.52 Å². The number of piperazine rings is 1. The number of hydrogen-bond acceptors (Lipinski definition) is 4. The molecule has 1 aliphatic heterocycles. The summed E-state index contributed by atoms with van der Waals surface area (Å²) in [5.41, 5.74) is 2.90. The number of nitrogens with one attached hydrogen (secondary N) is 1. The number of carbonyl (C=O) groups is 1. The van der Waals surface area contributed by atoms with Crippen LogP contribution in [-0.4, -0.2) is 51.7 Å². The smallest absolute Gasteiger partial charge is 0.255 e. The Labute approximate surface area is 175 Å². The second-order valence-corrected chi connectivity index (χ2v) is 9.37. The Kier molecular flexibility index (Phi) is 6.07. The zero-order valence-electron chi connectivity index (χ0n) is 15.6. The van der Waals surface area contributed by atoms with E-state index in [1.165, 1.54) is 12.1 Å². The van der Waals surface area contributed by atoms with E-state index in [0.29, 0.717) is 42.5 Å². The Balaban J connectivity index is 1.69. The fourth-order valence-corrected chi connectivity index (χ4v) is 4.19. The molecular weight excluding hydrogens is 421 g/mol. The van der Waals surface area contributed by atoms with Crippen LogP contribution in [0.4, 0.5) is 11.4 Å². The molecule has 150 valence electrons. The van der Waals surface area contributed by atoms with Gasteiger partial charge in [0.2, 0.25) is 10.0 Å². The number of aryl methyl sites for hydroxylation is 1. The first-order valence-corrected chi connectivity index (χ1v) is 11.4. The molecule has 0 saturated carbocycles. The minimum atomic E-state index is -3.41. The van der Waals surface area contributed by atoms with Crippen molar-refractivity contribution in [2.75, 3.05) is 42.1 Å². The van der Waals surface area contributed by atoms with Gasteiger partial charge in [0.15, 0.2) is 0 Å². The van der Waals surface area contributed by atoms with Crippen LogP contribution in [0.25, 0.3) is 0 Å². The Bertz CT molecular complexity index is 1000. The van der Waals surface area contributed by atoms with E-state index >= 15 is 0 Å². The second-order valence-electron chi connectivity index (χ2n) is 6.78. The molecule has 0 bridgehead atoms. The third-order valence-corrected chi connectivity index (χ3v) is 5.74. The lowest BCUT2D eigenvalue weighted by molar-refractivity contribution is 0.0747. The maximum absolute atomic E-state index is 12.8. The summed E-state index contributed by atoms with van der Waals surface area (Å²) in [5.74, 6) is -0.168. The van der Waals surface area contributed by atoms with Gasteiger partial charge in [-0.2, -0.15) is 0 Å². The van der Waals surface area contributed by atoms with Crippen molar-refractivity contribution < 1.29 is 13.2 Å². The topological polar surface area (TPSA) is 69.7 Å². The number of sulfonamides is 1. The molecule has 0 spiro atoms. The maximum atomic E-state index is 12.8. The number of anilines is 2. The zero-order valence-corrected chi connectivity index (χ0v) is 17.9. The summed E-state index contributed by atoms with van der Waals surface area (Å²) in [7, 11) is -3.41. The Hall–Kier alpha value is -1.96. The van der Waals surface area contributed by atoms with Crippen LogP contribution >= 0.6 is 23.2 Å². The molecule has 1 N–H and O–H groups in total. The van der Waals surface area contributed by atoms with Gasteiger partial charge in [0, 0.05) is 42.6 Å². The summed E-state index contributed by atoms with van der Waals surface area (Å²) in [5, 5.41) is 0.903. The van der Waals surface area contributed by atoms with Crippen molar-refractivity contribution >= 4 is 50.5 Å².